The van der Waals surface area contributed by atoms with Crippen LogP contribution in [-0.4, -0.2) is 20.2 Å². The van der Waals surface area contributed by atoms with E-state index < -0.39 is 65.9 Å². The van der Waals surface area contributed by atoms with Crippen molar-refractivity contribution in [1.82, 2.24) is 13.5 Å². The maximum atomic E-state index is 10.8. The minimum atomic E-state index is -0.850. The van der Waals surface area contributed by atoms with E-state index in [0.29, 0.717) is 33.9 Å². The fraction of sp³-hybridized carbons (Fsp3) is 0.0656. The van der Waals surface area contributed by atoms with E-state index in [1.807, 2.05) is 146 Å². The van der Waals surface area contributed by atoms with Crippen molar-refractivity contribution >= 4 is 139 Å². The number of anilines is 6. The topological polar surface area (TPSA) is 20.8 Å². The van der Waals surface area contributed by atoms with Crippen LogP contribution in [0.25, 0.3) is 182 Å². The molecule has 5 nitrogen and oxygen atoms in total. The maximum absolute atomic E-state index is 10.8. The van der Waals surface area contributed by atoms with Gasteiger partial charge < -0.3 is 23.3 Å². The average molecular weight is 1650 g/mol. The van der Waals surface area contributed by atoms with Crippen molar-refractivity contribution in [2.45, 2.75) is 52.4 Å². The first-order chi connectivity index (χ1) is 68.7. The molecule has 0 aliphatic carbocycles. The molecule has 6 heterocycles. The number of nitrogens with zero attached hydrogens (tertiary/aromatic N) is 5. The predicted molar refractivity (Wildman–Crippen MR) is 545 cm³/mol. The zero-order chi connectivity index (χ0) is 97.5. The Morgan fingerprint density at radius 1 is 0.250 bits per heavy atom. The maximum Gasteiger partial charge on any atom is 0.252 e. The molecule has 6 heteroatoms. The first kappa shape index (κ1) is 61.5. The highest BCUT2D eigenvalue weighted by molar-refractivity contribution is 7.01. The normalized spacial score (nSPS) is 14.2. The third-order valence-electron chi connectivity index (χ3n) is 26.5. The monoisotopic (exact) mass is 1650 g/mol. The van der Waals surface area contributed by atoms with Crippen molar-refractivity contribution in [2.75, 3.05) is 9.80 Å². The van der Waals surface area contributed by atoms with Crippen molar-refractivity contribution in [3.05, 3.63) is 435 Å². The van der Waals surface area contributed by atoms with Crippen molar-refractivity contribution < 1.29 is 19.2 Å². The van der Waals surface area contributed by atoms with Gasteiger partial charge in [0.15, 0.2) is 0 Å². The summed E-state index contributed by atoms with van der Waals surface area (Å²) in [4.78, 5) is 4.94. The summed E-state index contributed by atoms with van der Waals surface area (Å²) in [7, 11) is 0. The van der Waals surface area contributed by atoms with E-state index in [2.05, 4.69) is 250 Å². The molecule has 4 aromatic heterocycles. The van der Waals surface area contributed by atoms with Crippen LogP contribution in [0.1, 0.15) is 71.9 Å². The summed E-state index contributed by atoms with van der Waals surface area (Å²) in [5, 5.41) is 3.85. The van der Waals surface area contributed by atoms with E-state index in [0.717, 1.165) is 155 Å². The van der Waals surface area contributed by atoms with Gasteiger partial charge in [0.2, 0.25) is 0 Å². The van der Waals surface area contributed by atoms with Crippen LogP contribution >= 0.6 is 0 Å². The van der Waals surface area contributed by atoms with Gasteiger partial charge in [0.05, 0.1) is 80.6 Å². The Bertz CT molecular complexity index is 8710. The molecule has 0 saturated carbocycles. The lowest BCUT2D eigenvalue weighted by atomic mass is 9.33. The molecule has 0 bridgehead atoms. The van der Waals surface area contributed by atoms with E-state index in [1.165, 1.54) is 0 Å². The number of hydrogen-bond donors (Lipinski definition) is 0. The average Bonchev–Trinajstić information content (AvgIpc) is 1.47. The molecule has 128 heavy (non-hydrogen) atoms. The Balaban J connectivity index is 0.894. The van der Waals surface area contributed by atoms with Gasteiger partial charge in [0, 0.05) is 88.1 Å². The lowest BCUT2D eigenvalue weighted by Gasteiger charge is -2.46. The van der Waals surface area contributed by atoms with Gasteiger partial charge in [0.25, 0.3) is 6.71 Å². The van der Waals surface area contributed by atoms with Crippen LogP contribution in [0, 0.1) is 0 Å². The van der Waals surface area contributed by atoms with Gasteiger partial charge in [-0.25, -0.2) is 0 Å². The highest BCUT2D eigenvalue weighted by Gasteiger charge is 2.49. The molecule has 0 radical (unpaired) electrons. The summed E-state index contributed by atoms with van der Waals surface area (Å²) in [6, 6.07) is 110. The molecule has 25 rings (SSSR count). The molecule has 0 spiro atoms. The fourth-order valence-corrected chi connectivity index (χ4v) is 20.5. The summed E-state index contributed by atoms with van der Waals surface area (Å²) in [5.74, 6) is 0. The van der Waals surface area contributed by atoms with Crippen LogP contribution in [0.2, 0.25) is 0 Å². The molecule has 23 aromatic rings. The van der Waals surface area contributed by atoms with Gasteiger partial charge in [-0.05, 0) is 214 Å². The smallest absolute Gasteiger partial charge is 0.252 e. The molecule has 0 fully saturated rings. The van der Waals surface area contributed by atoms with Gasteiger partial charge >= 0.3 is 0 Å². The number of para-hydroxylation sites is 4. The Labute approximate surface area is 765 Å². The molecule has 604 valence electrons. The quantitative estimate of drug-likeness (QED) is 0.114. The third-order valence-corrected chi connectivity index (χ3v) is 26.5. The van der Waals surface area contributed by atoms with Crippen molar-refractivity contribution in [1.29, 1.82) is 0 Å². The Hall–Kier alpha value is -15.8. The zero-order valence-corrected chi connectivity index (χ0v) is 71.1. The first-order valence-electron chi connectivity index (χ1n) is 50.8. The Morgan fingerprint density at radius 2 is 0.570 bits per heavy atom. The predicted octanol–water partition coefficient (Wildman–Crippen LogP) is 31.0. The lowest BCUT2D eigenvalue weighted by molar-refractivity contribution is 0.590. The van der Waals surface area contributed by atoms with Crippen LogP contribution in [0.15, 0.2) is 424 Å². The van der Waals surface area contributed by atoms with Crippen LogP contribution < -0.4 is 26.2 Å². The molecule has 2 aliphatic heterocycles. The molecule has 19 aromatic carbocycles. The van der Waals surface area contributed by atoms with Gasteiger partial charge in [0.1, 0.15) is 0 Å². The second-order valence-electron chi connectivity index (χ2n) is 35.9. The number of fused-ring (bicyclic) bond motifs is 18. The first-order valence-corrected chi connectivity index (χ1v) is 43.8. The second kappa shape index (κ2) is 28.9. The van der Waals surface area contributed by atoms with Crippen LogP contribution in [0.4, 0.5) is 34.1 Å². The lowest BCUT2D eigenvalue weighted by Crippen LogP contribution is -2.61. The summed E-state index contributed by atoms with van der Waals surface area (Å²) < 4.78 is 149. The van der Waals surface area contributed by atoms with Gasteiger partial charge in [-0.15, -0.1) is 0 Å². The van der Waals surface area contributed by atoms with E-state index in [-0.39, 0.29) is 91.0 Å². The van der Waals surface area contributed by atoms with Crippen molar-refractivity contribution in [2.24, 2.45) is 0 Å². The second-order valence-corrected chi connectivity index (χ2v) is 35.9. The van der Waals surface area contributed by atoms with Crippen LogP contribution in [-0.2, 0) is 10.8 Å². The molecule has 0 unspecified atom stereocenters. The SMILES string of the molecule is [2H]c1c([2H])c([2H])c2c(c1[2H])c1c([2H])c(-c3cccc(-c4ccccc4)c3)c([2H])c([2H])c1n2-c1ccc2c(c1)N(c1c(-c3ccccc3)cc(C(C)(C)C)cc1-c1ccccc1)c1c3c(c4c5ccccc5n5c6ccccc6c1c45)N(c1c(-c4ccccc4)cc(C(C)(C)C)cc1-c1ccccc1)c1cc(-n4c5c([2H])c([2H])c([2H])c([2H])c5c5c([2H])c(-c6cccc(-c7ccccc7)c6)c([2H])c([2H])c54)ccc1B23. The molecule has 0 N–H and O–H groups in total. The van der Waals surface area contributed by atoms with E-state index in [9.17, 15) is 19.2 Å². The van der Waals surface area contributed by atoms with Gasteiger partial charge in [-0.2, -0.15) is 0 Å². The molecular weight excluding hydrogens is 1550 g/mol. The minimum Gasteiger partial charge on any atom is -0.309 e. The number of aromatic nitrogens is 3. The van der Waals surface area contributed by atoms with Gasteiger partial charge in [-0.3, -0.25) is 0 Å². The summed E-state index contributed by atoms with van der Waals surface area (Å²) in [6.45, 7) is 12.6. The minimum absolute atomic E-state index is 0.00671. The summed E-state index contributed by atoms with van der Waals surface area (Å²) >= 11 is 0. The largest absolute Gasteiger partial charge is 0.309 e. The Morgan fingerprint density at radius 3 is 0.938 bits per heavy atom. The van der Waals surface area contributed by atoms with E-state index >= 15 is 0 Å². The van der Waals surface area contributed by atoms with Crippen LogP contribution in [0.5, 0.6) is 0 Å². The van der Waals surface area contributed by atoms with Crippen molar-refractivity contribution in [3.8, 4) is 100 Å². The molecular formula is C122H88BN5. The summed E-state index contributed by atoms with van der Waals surface area (Å²) in [6.07, 6.45) is 0. The highest BCUT2D eigenvalue weighted by Crippen LogP contribution is 2.60. The van der Waals surface area contributed by atoms with E-state index in [1.54, 1.807) is 9.13 Å². The number of rotatable bonds is 12. The molecule has 0 saturated heterocycles. The highest BCUT2D eigenvalue weighted by atomic mass is 15.2. The molecule has 0 amide bonds. The fourth-order valence-electron chi connectivity index (χ4n) is 20.5. The molecule has 2 aliphatic rings. The van der Waals surface area contributed by atoms with Crippen LogP contribution in [0.3, 0.4) is 0 Å². The third kappa shape index (κ3) is 11.6. The van der Waals surface area contributed by atoms with Gasteiger partial charge in [-0.1, -0.05) is 357 Å². The number of hydrogen-bond acceptors (Lipinski definition) is 2. The summed E-state index contributed by atoms with van der Waals surface area (Å²) in [5.41, 5.74) is 23.3. The number of benzene rings is 19. The van der Waals surface area contributed by atoms with Crippen molar-refractivity contribution in [3.63, 3.8) is 0 Å². The molecule has 0 atom stereocenters. The zero-order valence-electron chi connectivity index (χ0n) is 85.1. The van der Waals surface area contributed by atoms with E-state index in [4.69, 9.17) is 0 Å². The standard InChI is InChI=1S/C122H88BN5/c1-121(2,3)89-71-97(79-39-17-9-18-40-79)116(98(72-89)80-41-19-10-20-42-80)127-111-75-91(124-105-55-29-25-51-93(105)101-69-87(59-65-109(101)124)85-49-33-47-83(67-85)77-35-13-7-14-36-77)61-63-103(111)123-104-64-62-92(125-106-56-30-26-52-94(106)102-70-88(60-66-110(102)125)86-50-34-48-84(68-86)78-37-15-8-16-38-78)76-112(104)128(117-99(81-43-21-11-22-44-81)73-90(122(4,5)6)74-100(117)82-45-23-12-24-46-82)120-114-96-54-28-32-58-108(96)126-107-57-31-27-53-95(107)113(118(114)126)119(127)115(120)123/h7-76H,1-6H3/i25D,26D,29D,30D,51D,52D,55D,56D,59D,60D,65D,66D,69D,70D. The Kier molecular flexibility index (Phi) is 13.9.